The van der Waals surface area contributed by atoms with Crippen molar-refractivity contribution in [2.45, 2.75) is 25.2 Å². The molecule has 3 N–H and O–H groups in total. The van der Waals surface area contributed by atoms with Gasteiger partial charge < -0.3 is 14.9 Å². The number of nitrogens with zero attached hydrogens (tertiary/aromatic N) is 2. The number of H-pyrrole nitrogens is 1. The number of aromatic nitrogens is 2. The summed E-state index contributed by atoms with van der Waals surface area (Å²) in [6.07, 6.45) is 2.19. The molecule has 0 amide bonds. The highest BCUT2D eigenvalue weighted by atomic mass is 16.6. The summed E-state index contributed by atoms with van der Waals surface area (Å²) in [5.41, 5.74) is -0.904. The number of hydrogen-bond acceptors (Lipinski definition) is 7. The third-order valence-electron chi connectivity index (χ3n) is 2.73. The Bertz CT molecular complexity index is 567. The summed E-state index contributed by atoms with van der Waals surface area (Å²) in [4.78, 5) is 33.0. The van der Waals surface area contributed by atoms with E-state index in [0.29, 0.717) is 12.8 Å². The highest BCUT2D eigenvalue weighted by molar-refractivity contribution is 4.85. The first-order chi connectivity index (χ1) is 9.97. The molecule has 2 unspecified atom stereocenters. The molecule has 0 saturated carbocycles. The fraction of sp³-hybridized carbons (Fsp3) is 0.636. The van der Waals surface area contributed by atoms with Crippen LogP contribution in [-0.4, -0.2) is 50.5 Å². The third kappa shape index (κ3) is 5.45. The second kappa shape index (κ2) is 8.29. The van der Waals surface area contributed by atoms with Crippen LogP contribution in [-0.2, 0) is 4.74 Å². The number of nitro groups is 1. The Morgan fingerprint density at radius 3 is 2.57 bits per heavy atom. The fourth-order valence-electron chi connectivity index (χ4n) is 1.76. The molecule has 0 aliphatic carbocycles. The summed E-state index contributed by atoms with van der Waals surface area (Å²) in [6, 6.07) is 1.27. The topological polar surface area (TPSA) is 148 Å². The van der Waals surface area contributed by atoms with E-state index in [4.69, 9.17) is 14.9 Å². The van der Waals surface area contributed by atoms with Crippen molar-refractivity contribution in [2.24, 2.45) is 0 Å². The quantitative estimate of drug-likeness (QED) is 0.451. The lowest BCUT2D eigenvalue weighted by molar-refractivity contribution is -0.482. The van der Waals surface area contributed by atoms with E-state index in [0.717, 1.165) is 0 Å². The van der Waals surface area contributed by atoms with Gasteiger partial charge in [0.2, 0.25) is 6.54 Å². The Labute approximate surface area is 118 Å². The monoisotopic (exact) mass is 303 g/mol. The van der Waals surface area contributed by atoms with Crippen molar-refractivity contribution in [3.8, 4) is 0 Å². The van der Waals surface area contributed by atoms with E-state index in [2.05, 4.69) is 4.98 Å². The Hall–Kier alpha value is -2.04. The van der Waals surface area contributed by atoms with Crippen molar-refractivity contribution in [1.29, 1.82) is 0 Å². The molecular formula is C11H17N3O7. The summed E-state index contributed by atoms with van der Waals surface area (Å²) in [5.74, 6) is 0. The van der Waals surface area contributed by atoms with E-state index in [1.807, 2.05) is 0 Å². The molecule has 0 bridgehead atoms. The highest BCUT2D eigenvalue weighted by Gasteiger charge is 2.26. The Kier molecular flexibility index (Phi) is 6.72. The number of rotatable bonds is 4. The van der Waals surface area contributed by atoms with Gasteiger partial charge in [0.05, 0.1) is 12.7 Å². The van der Waals surface area contributed by atoms with Gasteiger partial charge >= 0.3 is 5.69 Å². The molecule has 10 nitrogen and oxygen atoms in total. The zero-order chi connectivity index (χ0) is 15.8. The maximum absolute atomic E-state index is 11.4. The maximum Gasteiger partial charge on any atom is 0.330 e. The predicted molar refractivity (Wildman–Crippen MR) is 70.5 cm³/mol. The van der Waals surface area contributed by atoms with Crippen molar-refractivity contribution >= 4 is 0 Å². The molecule has 118 valence electrons. The number of ether oxygens (including phenoxy) is 1. The number of hydrogen-bond donors (Lipinski definition) is 3. The first kappa shape index (κ1) is 17.0. The van der Waals surface area contributed by atoms with Crippen LogP contribution in [0.2, 0.25) is 0 Å². The van der Waals surface area contributed by atoms with E-state index in [-0.39, 0.29) is 32.1 Å². The molecular weight excluding hydrogens is 286 g/mol. The van der Waals surface area contributed by atoms with Gasteiger partial charge in [0.25, 0.3) is 5.56 Å². The van der Waals surface area contributed by atoms with Gasteiger partial charge in [0.1, 0.15) is 12.8 Å². The van der Waals surface area contributed by atoms with Crippen molar-refractivity contribution in [3.63, 3.8) is 0 Å². The molecule has 0 radical (unpaired) electrons. The summed E-state index contributed by atoms with van der Waals surface area (Å²) < 4.78 is 6.74. The molecule has 0 spiro atoms. The lowest BCUT2D eigenvalue weighted by atomic mass is 10.2. The first-order valence-corrected chi connectivity index (χ1v) is 6.28. The highest BCUT2D eigenvalue weighted by Crippen LogP contribution is 2.26. The SMILES string of the molecule is O=[N+]([O-])CCO.O=c1ccn(C2CCC(CO)O2)c(=O)[nH]1. The Morgan fingerprint density at radius 1 is 1.43 bits per heavy atom. The average molecular weight is 303 g/mol. The fourth-order valence-corrected chi connectivity index (χ4v) is 1.76. The van der Waals surface area contributed by atoms with Crippen LogP contribution in [0.5, 0.6) is 0 Å². The smallest absolute Gasteiger partial charge is 0.330 e. The molecule has 21 heavy (non-hydrogen) atoms. The third-order valence-corrected chi connectivity index (χ3v) is 2.73. The van der Waals surface area contributed by atoms with Gasteiger partial charge in [0.15, 0.2) is 0 Å². The minimum absolute atomic E-state index is 0.0470. The van der Waals surface area contributed by atoms with Crippen LogP contribution >= 0.6 is 0 Å². The van der Waals surface area contributed by atoms with Crippen molar-refractivity contribution in [1.82, 2.24) is 9.55 Å². The van der Waals surface area contributed by atoms with Crippen molar-refractivity contribution in [3.05, 3.63) is 43.2 Å². The molecule has 1 aromatic rings. The molecule has 10 heteroatoms. The molecule has 0 aromatic carbocycles. The summed E-state index contributed by atoms with van der Waals surface area (Å²) >= 11 is 0. The van der Waals surface area contributed by atoms with E-state index in [1.54, 1.807) is 0 Å². The number of aliphatic hydroxyl groups excluding tert-OH is 2. The molecule has 1 fully saturated rings. The zero-order valence-corrected chi connectivity index (χ0v) is 11.2. The van der Waals surface area contributed by atoms with Crippen molar-refractivity contribution in [2.75, 3.05) is 19.8 Å². The number of nitrogens with one attached hydrogen (secondary N) is 1. The standard InChI is InChI=1S/C9H12N2O4.C2H5NO3/c12-5-6-1-2-8(15-6)11-4-3-7(13)10-9(11)14;4-2-1-3(5)6/h3-4,6,8,12H,1-2,5H2,(H,10,13,14);4H,1-2H2. The first-order valence-electron chi connectivity index (χ1n) is 6.28. The summed E-state index contributed by atoms with van der Waals surface area (Å²) in [5, 5.41) is 25.9. The molecule has 1 aromatic heterocycles. The van der Waals surface area contributed by atoms with Crippen LogP contribution in [0.1, 0.15) is 19.1 Å². The molecule has 1 aliphatic heterocycles. The lowest BCUT2D eigenvalue weighted by Crippen LogP contribution is -2.31. The van der Waals surface area contributed by atoms with Gasteiger partial charge in [-0.15, -0.1) is 0 Å². The molecule has 1 saturated heterocycles. The van der Waals surface area contributed by atoms with Gasteiger partial charge in [-0.1, -0.05) is 0 Å². The molecule has 2 rings (SSSR count). The lowest BCUT2D eigenvalue weighted by Gasteiger charge is -2.13. The Morgan fingerprint density at radius 2 is 2.14 bits per heavy atom. The summed E-state index contributed by atoms with van der Waals surface area (Å²) in [7, 11) is 0. The van der Waals surface area contributed by atoms with Gasteiger partial charge in [-0.05, 0) is 12.8 Å². The number of aliphatic hydroxyl groups is 2. The average Bonchev–Trinajstić information content (AvgIpc) is 2.88. The van der Waals surface area contributed by atoms with Gasteiger partial charge in [0, 0.05) is 17.2 Å². The number of aromatic amines is 1. The predicted octanol–water partition coefficient (Wildman–Crippen LogP) is -1.54. The van der Waals surface area contributed by atoms with Gasteiger partial charge in [-0.3, -0.25) is 24.5 Å². The molecule has 2 atom stereocenters. The van der Waals surface area contributed by atoms with Crippen LogP contribution in [0.15, 0.2) is 21.9 Å². The van der Waals surface area contributed by atoms with Gasteiger partial charge in [-0.2, -0.15) is 0 Å². The second-order valence-corrected chi connectivity index (χ2v) is 4.27. The Balaban J connectivity index is 0.000000315. The minimum Gasteiger partial charge on any atom is -0.394 e. The molecule has 1 aliphatic rings. The normalized spacial score (nSPS) is 20.7. The van der Waals surface area contributed by atoms with Crippen LogP contribution in [0.3, 0.4) is 0 Å². The summed E-state index contributed by atoms with van der Waals surface area (Å²) in [6.45, 7) is -0.762. The minimum atomic E-state index is -0.569. The van der Waals surface area contributed by atoms with Crippen LogP contribution in [0.25, 0.3) is 0 Å². The van der Waals surface area contributed by atoms with Crippen LogP contribution in [0, 0.1) is 10.1 Å². The van der Waals surface area contributed by atoms with E-state index in [1.165, 1.54) is 16.8 Å². The second-order valence-electron chi connectivity index (χ2n) is 4.27. The molecule has 2 heterocycles. The van der Waals surface area contributed by atoms with Crippen LogP contribution < -0.4 is 11.2 Å². The van der Waals surface area contributed by atoms with E-state index >= 15 is 0 Å². The van der Waals surface area contributed by atoms with Crippen molar-refractivity contribution < 1.29 is 19.9 Å². The van der Waals surface area contributed by atoms with Gasteiger partial charge in [-0.25, -0.2) is 4.79 Å². The largest absolute Gasteiger partial charge is 0.394 e. The van der Waals surface area contributed by atoms with E-state index < -0.39 is 16.2 Å². The zero-order valence-electron chi connectivity index (χ0n) is 11.2. The van der Waals surface area contributed by atoms with Crippen LogP contribution in [0.4, 0.5) is 0 Å². The maximum atomic E-state index is 11.4. The van der Waals surface area contributed by atoms with E-state index in [9.17, 15) is 19.7 Å².